The van der Waals surface area contributed by atoms with Crippen molar-refractivity contribution >= 4 is 0 Å². The molecule has 0 spiro atoms. The topological polar surface area (TPSA) is 3.24 Å². The predicted octanol–water partition coefficient (Wildman–Crippen LogP) is 16.3. The molecule has 2 saturated carbocycles. The quantitative estimate of drug-likeness (QED) is 0.0776. The molecule has 3 fully saturated rings. The Kier molecular flexibility index (Phi) is 20.7. The second-order valence-electron chi connectivity index (χ2n) is 19.0. The summed E-state index contributed by atoms with van der Waals surface area (Å²) >= 11 is 0. The fourth-order valence-corrected chi connectivity index (χ4v) is 9.84. The Balaban J connectivity index is 0.00000301. The summed E-state index contributed by atoms with van der Waals surface area (Å²) in [6.07, 6.45) is 27.8. The number of unbranched alkanes of at least 4 members (excludes halogenated alkanes) is 1. The highest BCUT2D eigenvalue weighted by atomic mass is 15.2. The van der Waals surface area contributed by atoms with Gasteiger partial charge in [-0.1, -0.05) is 136 Å². The fraction of sp³-hybridized carbons (Fsp3) is 0.765. The molecule has 52 heavy (non-hydrogen) atoms. The van der Waals surface area contributed by atoms with Crippen LogP contribution >= 0.6 is 0 Å². The normalized spacial score (nSPS) is 30.6. The smallest absolute Gasteiger partial charge is 0.0499 e. The van der Waals surface area contributed by atoms with Gasteiger partial charge in [0.2, 0.25) is 0 Å². The van der Waals surface area contributed by atoms with Crippen molar-refractivity contribution in [3.63, 3.8) is 0 Å². The van der Waals surface area contributed by atoms with Gasteiger partial charge in [0.05, 0.1) is 0 Å². The number of nitrogens with zero attached hydrogens (tertiary/aromatic N) is 1. The molecule has 0 N–H and O–H groups in total. The molecule has 1 aliphatic heterocycles. The highest BCUT2D eigenvalue weighted by molar-refractivity contribution is 5.34. The Morgan fingerprint density at radius 2 is 1.52 bits per heavy atom. The summed E-state index contributed by atoms with van der Waals surface area (Å²) in [6, 6.07) is 0.435. The molecule has 0 aromatic rings. The molecule has 1 nitrogen and oxygen atoms in total. The molecular weight excluding hydrogens is 627 g/mol. The van der Waals surface area contributed by atoms with E-state index in [-0.39, 0.29) is 5.41 Å². The van der Waals surface area contributed by atoms with Gasteiger partial charge in [0.25, 0.3) is 0 Å². The van der Waals surface area contributed by atoms with E-state index in [4.69, 9.17) is 13.2 Å². The van der Waals surface area contributed by atoms with E-state index in [2.05, 4.69) is 106 Å². The van der Waals surface area contributed by atoms with Crippen LogP contribution in [-0.2, 0) is 0 Å². The SMILES string of the molecule is C=C(C/C=C(\C)CC(C)CCC1CC(C)(C(=C)C(=C)N2CCCCC2C(=C)CC)C(C)CC1C)CCCC/C(C)=C/C1CCC(C)C(C)C1.CCC. The highest BCUT2D eigenvalue weighted by Gasteiger charge is 2.44. The second-order valence-corrected chi connectivity index (χ2v) is 19.0. The van der Waals surface area contributed by atoms with E-state index >= 15 is 0 Å². The zero-order valence-corrected chi connectivity index (χ0v) is 37.0. The molecule has 0 amide bonds. The lowest BCUT2D eigenvalue weighted by Gasteiger charge is -2.50. The average molecular weight is 716 g/mol. The maximum Gasteiger partial charge on any atom is 0.0499 e. The van der Waals surface area contributed by atoms with Gasteiger partial charge >= 0.3 is 0 Å². The van der Waals surface area contributed by atoms with Crippen molar-refractivity contribution in [2.45, 2.75) is 198 Å². The molecule has 0 aromatic carbocycles. The highest BCUT2D eigenvalue weighted by Crippen LogP contribution is 2.53. The first-order valence-electron chi connectivity index (χ1n) is 22.4. The summed E-state index contributed by atoms with van der Waals surface area (Å²) in [7, 11) is 0. The summed E-state index contributed by atoms with van der Waals surface area (Å²) in [5, 5.41) is 0. The van der Waals surface area contributed by atoms with Gasteiger partial charge < -0.3 is 4.90 Å². The molecule has 0 radical (unpaired) electrons. The Labute approximate surface area is 327 Å². The van der Waals surface area contributed by atoms with Crippen LogP contribution in [0.15, 0.2) is 72.0 Å². The minimum Gasteiger partial charge on any atom is -0.365 e. The van der Waals surface area contributed by atoms with Crippen LogP contribution < -0.4 is 0 Å². The minimum absolute atomic E-state index is 0.116. The van der Waals surface area contributed by atoms with E-state index in [0.29, 0.717) is 12.0 Å². The molecule has 9 unspecified atom stereocenters. The monoisotopic (exact) mass is 716 g/mol. The number of likely N-dealkylation sites (tertiary alicyclic amines) is 1. The summed E-state index contributed by atoms with van der Waals surface area (Å²) < 4.78 is 0. The number of piperidine rings is 1. The standard InChI is InChI=1S/C48H81N.C3H8/c1-14-38(6)47-21-17-18-28-49(47)44(12)43(11)48(13)33-46(41(9)31-42(48)10)27-24-37(5)29-36(4)23-22-34(2)19-15-16-20-35(3)30-45-26-25-39(7)40(8)32-45;1-3-2/h23,30,37,39-42,45-47H,2,6,11-12,14-22,24-29,31-33H2,1,3-5,7-10,13H3;3H2,1-2H3/b35-30+,36-23+;. The van der Waals surface area contributed by atoms with Crippen molar-refractivity contribution in [3.8, 4) is 0 Å². The van der Waals surface area contributed by atoms with Crippen molar-refractivity contribution in [1.29, 1.82) is 0 Å². The van der Waals surface area contributed by atoms with Gasteiger partial charge in [0.1, 0.15) is 0 Å². The Bertz CT molecular complexity index is 1180. The molecule has 2 aliphatic carbocycles. The summed E-state index contributed by atoms with van der Waals surface area (Å²) in [6.45, 7) is 45.6. The molecule has 3 rings (SSSR count). The molecule has 9 atom stereocenters. The lowest BCUT2D eigenvalue weighted by atomic mass is 9.57. The van der Waals surface area contributed by atoms with E-state index in [1.54, 1.807) is 11.1 Å². The maximum absolute atomic E-state index is 4.79. The predicted molar refractivity (Wildman–Crippen MR) is 236 cm³/mol. The van der Waals surface area contributed by atoms with Crippen LogP contribution in [0.2, 0.25) is 0 Å². The van der Waals surface area contributed by atoms with Crippen LogP contribution in [-0.4, -0.2) is 17.5 Å². The van der Waals surface area contributed by atoms with Crippen molar-refractivity contribution in [3.05, 3.63) is 72.0 Å². The van der Waals surface area contributed by atoms with Gasteiger partial charge in [0.15, 0.2) is 0 Å². The van der Waals surface area contributed by atoms with E-state index in [0.717, 1.165) is 54.9 Å². The van der Waals surface area contributed by atoms with Gasteiger partial charge in [-0.3, -0.25) is 0 Å². The third-order valence-electron chi connectivity index (χ3n) is 14.1. The van der Waals surface area contributed by atoms with Gasteiger partial charge in [-0.25, -0.2) is 0 Å². The van der Waals surface area contributed by atoms with Crippen molar-refractivity contribution in [2.75, 3.05) is 6.54 Å². The molecule has 298 valence electrons. The van der Waals surface area contributed by atoms with E-state index in [9.17, 15) is 0 Å². The number of allylic oxidation sites excluding steroid dienone is 6. The molecular formula is C51H89N. The number of rotatable bonds is 18. The number of hydrogen-bond donors (Lipinski definition) is 0. The first-order chi connectivity index (χ1) is 24.6. The van der Waals surface area contributed by atoms with Crippen LogP contribution in [0.3, 0.4) is 0 Å². The third-order valence-corrected chi connectivity index (χ3v) is 14.1. The molecule has 0 aromatic heterocycles. The molecule has 0 bridgehead atoms. The molecule has 3 aliphatic rings. The first kappa shape index (κ1) is 46.4. The Morgan fingerprint density at radius 3 is 2.17 bits per heavy atom. The molecule has 1 heterocycles. The first-order valence-corrected chi connectivity index (χ1v) is 22.4. The Morgan fingerprint density at radius 1 is 0.846 bits per heavy atom. The summed E-state index contributed by atoms with van der Waals surface area (Å²) in [5.41, 5.74) is 8.54. The fourth-order valence-electron chi connectivity index (χ4n) is 9.84. The summed E-state index contributed by atoms with van der Waals surface area (Å²) in [4.78, 5) is 2.58. The van der Waals surface area contributed by atoms with Gasteiger partial charge in [-0.15, -0.1) is 0 Å². The lowest BCUT2D eigenvalue weighted by molar-refractivity contribution is 0.0678. The van der Waals surface area contributed by atoms with Gasteiger partial charge in [0, 0.05) is 18.3 Å². The van der Waals surface area contributed by atoms with Crippen molar-refractivity contribution < 1.29 is 0 Å². The second kappa shape index (κ2) is 23.2. The van der Waals surface area contributed by atoms with Gasteiger partial charge in [-0.05, 0) is 169 Å². The largest absolute Gasteiger partial charge is 0.365 e. The van der Waals surface area contributed by atoms with Crippen LogP contribution in [0.25, 0.3) is 0 Å². The van der Waals surface area contributed by atoms with Gasteiger partial charge in [-0.2, -0.15) is 0 Å². The zero-order valence-electron chi connectivity index (χ0n) is 37.0. The van der Waals surface area contributed by atoms with E-state index in [1.807, 2.05) is 0 Å². The molecule has 1 saturated heterocycles. The minimum atomic E-state index is 0.116. The van der Waals surface area contributed by atoms with Crippen LogP contribution in [0.5, 0.6) is 0 Å². The Hall–Kier alpha value is -1.76. The van der Waals surface area contributed by atoms with Crippen LogP contribution in [0.4, 0.5) is 0 Å². The van der Waals surface area contributed by atoms with E-state index in [1.165, 1.54) is 125 Å². The average Bonchev–Trinajstić information content (AvgIpc) is 3.11. The van der Waals surface area contributed by atoms with Crippen LogP contribution in [0.1, 0.15) is 192 Å². The zero-order chi connectivity index (χ0) is 39.0. The lowest BCUT2D eigenvalue weighted by Crippen LogP contribution is -2.44. The van der Waals surface area contributed by atoms with Crippen molar-refractivity contribution in [2.24, 2.45) is 46.8 Å². The maximum atomic E-state index is 4.79. The summed E-state index contributed by atoms with van der Waals surface area (Å²) in [5.74, 6) is 5.50. The van der Waals surface area contributed by atoms with Crippen molar-refractivity contribution in [1.82, 2.24) is 4.90 Å². The number of hydrogen-bond acceptors (Lipinski definition) is 1. The van der Waals surface area contributed by atoms with E-state index < -0.39 is 0 Å². The van der Waals surface area contributed by atoms with Crippen LogP contribution in [0, 0.1) is 46.8 Å². The molecule has 1 heteroatoms. The third kappa shape index (κ3) is 14.5.